The molecule has 0 heterocycles. The van der Waals surface area contributed by atoms with Crippen LogP contribution in [0.15, 0.2) is 33.6 Å². The average Bonchev–Trinajstić information content (AvgIpc) is 3.27. The lowest BCUT2D eigenvalue weighted by Crippen LogP contribution is -2.71. The van der Waals surface area contributed by atoms with Crippen molar-refractivity contribution in [3.8, 4) is 0 Å². The molecule has 1 aromatic rings. The zero-order valence-electron chi connectivity index (χ0n) is 27.3. The Kier molecular flexibility index (Phi) is 9.81. The van der Waals surface area contributed by atoms with Gasteiger partial charge in [0.2, 0.25) is 0 Å². The van der Waals surface area contributed by atoms with Crippen LogP contribution in [0.5, 0.6) is 0 Å². The molecule has 4 saturated carbocycles. The van der Waals surface area contributed by atoms with Crippen LogP contribution in [0.4, 0.5) is 0 Å². The zero-order chi connectivity index (χ0) is 29.5. The molecule has 0 saturated heterocycles. The highest BCUT2D eigenvalue weighted by Gasteiger charge is 2.66. The zero-order valence-corrected chi connectivity index (χ0v) is 29.3. The van der Waals surface area contributed by atoms with E-state index in [1.54, 1.807) is 11.9 Å². The highest BCUT2D eigenvalue weighted by Crippen LogP contribution is 2.69. The van der Waals surface area contributed by atoms with Gasteiger partial charge in [0, 0.05) is 27.8 Å². The third-order valence-electron chi connectivity index (χ3n) is 13.3. The van der Waals surface area contributed by atoms with Gasteiger partial charge in [-0.05, 0) is 128 Å². The third kappa shape index (κ3) is 6.14. The van der Waals surface area contributed by atoms with E-state index in [1.165, 1.54) is 106 Å². The number of hydrogen-bond donors (Lipinski definition) is 1. The molecule has 5 rings (SSSR count). The summed E-state index contributed by atoms with van der Waals surface area (Å²) in [5.41, 5.74) is 11.4. The first-order chi connectivity index (χ1) is 19.4. The Balaban J connectivity index is 1.11. The fraction of sp³-hybridized carbons (Fsp3) is 0.811. The molecule has 4 aliphatic carbocycles. The number of fused-ring (bicyclic) bond motifs is 5. The summed E-state index contributed by atoms with van der Waals surface area (Å²) in [7, 11) is 2.90. The van der Waals surface area contributed by atoms with Gasteiger partial charge in [-0.3, -0.25) is 0 Å². The van der Waals surface area contributed by atoms with Crippen molar-refractivity contribution >= 4 is 26.6 Å². The van der Waals surface area contributed by atoms with E-state index in [0.29, 0.717) is 10.8 Å². The van der Waals surface area contributed by atoms with Crippen LogP contribution in [0.1, 0.15) is 143 Å². The minimum atomic E-state index is 0.0873. The van der Waals surface area contributed by atoms with Crippen LogP contribution in [0.25, 0.3) is 0 Å². The van der Waals surface area contributed by atoms with Crippen molar-refractivity contribution in [2.45, 2.75) is 154 Å². The maximum absolute atomic E-state index is 7.67. The fourth-order valence-corrected chi connectivity index (χ4v) is 11.6. The van der Waals surface area contributed by atoms with E-state index in [2.05, 4.69) is 75.0 Å². The summed E-state index contributed by atoms with van der Waals surface area (Å²) in [6.07, 6.45) is 20.5. The fourth-order valence-electron chi connectivity index (χ4n) is 10.7. The number of nitrogens with zero attached hydrogens (tertiary/aromatic N) is 1. The van der Waals surface area contributed by atoms with E-state index in [-0.39, 0.29) is 11.0 Å². The second kappa shape index (κ2) is 12.6. The van der Waals surface area contributed by atoms with Crippen LogP contribution in [0.3, 0.4) is 0 Å². The van der Waals surface area contributed by atoms with Crippen LogP contribution in [-0.4, -0.2) is 11.0 Å². The van der Waals surface area contributed by atoms with Gasteiger partial charge in [0.05, 0.1) is 0 Å². The van der Waals surface area contributed by atoms with Crippen LogP contribution >= 0.6 is 21.2 Å². The minimum absolute atomic E-state index is 0.0873. The predicted molar refractivity (Wildman–Crippen MR) is 184 cm³/mol. The highest BCUT2D eigenvalue weighted by atomic mass is 32.2. The molecule has 230 valence electrons. The Labute approximate surface area is 260 Å². The van der Waals surface area contributed by atoms with E-state index in [1.807, 2.05) is 0 Å². The van der Waals surface area contributed by atoms with Crippen LogP contribution in [-0.2, 0) is 5.41 Å². The summed E-state index contributed by atoms with van der Waals surface area (Å²) in [5, 5.41) is 0. The standard InChI is InChI=1S/C37H61N2PS/c1-7-26-25-32-31-21-18-28(35(31,5)23-24-37(32,38)36(6)22-12-11-14-30(26)36)13-9-8-10-15-33(40)39-41-29-19-16-27(17-20-29)34(2,3)4/h16-17,19-20,26,28,30-32H,7-15,18,21-25,38,40H2,1-6H3/t26-,28?,30?,31?,32?,35?,36?,37+/m0/s1. The Bertz CT molecular complexity index is 1060. The lowest BCUT2D eigenvalue weighted by Gasteiger charge is -2.68. The molecule has 9 atom stereocenters. The molecule has 0 radical (unpaired) electrons. The van der Waals surface area contributed by atoms with Crippen molar-refractivity contribution in [2.24, 2.45) is 50.6 Å². The van der Waals surface area contributed by atoms with Gasteiger partial charge in [-0.1, -0.05) is 95.0 Å². The first kappa shape index (κ1) is 32.0. The topological polar surface area (TPSA) is 38.4 Å². The third-order valence-corrected chi connectivity index (χ3v) is 14.7. The van der Waals surface area contributed by atoms with Gasteiger partial charge in [-0.25, -0.2) is 4.40 Å². The lowest BCUT2D eigenvalue weighted by molar-refractivity contribution is -0.152. The van der Waals surface area contributed by atoms with Crippen molar-refractivity contribution in [3.63, 3.8) is 0 Å². The molecule has 0 spiro atoms. The van der Waals surface area contributed by atoms with E-state index >= 15 is 0 Å². The van der Waals surface area contributed by atoms with E-state index in [4.69, 9.17) is 10.1 Å². The van der Waals surface area contributed by atoms with Crippen molar-refractivity contribution in [1.82, 2.24) is 0 Å². The molecular formula is C37H61N2PS. The number of unbranched alkanes of at least 4 members (excludes halogenated alkanes) is 2. The number of nitrogens with two attached hydrogens (primary N) is 1. The van der Waals surface area contributed by atoms with Gasteiger partial charge in [0.25, 0.3) is 0 Å². The van der Waals surface area contributed by atoms with Crippen LogP contribution in [0, 0.1) is 40.4 Å². The Hall–Kier alpha value is -0.370. The number of rotatable bonds is 9. The summed E-state index contributed by atoms with van der Waals surface area (Å²) in [6.45, 7) is 14.6. The van der Waals surface area contributed by atoms with Gasteiger partial charge in [0.1, 0.15) is 0 Å². The molecule has 4 aliphatic rings. The molecule has 7 unspecified atom stereocenters. The normalized spacial score (nSPS) is 39.2. The quantitative estimate of drug-likeness (QED) is 0.133. The molecule has 0 amide bonds. The van der Waals surface area contributed by atoms with Crippen LogP contribution in [0.2, 0.25) is 0 Å². The predicted octanol–water partition coefficient (Wildman–Crippen LogP) is 11.0. The summed E-state index contributed by atoms with van der Waals surface area (Å²) in [5.74, 6) is 4.31. The van der Waals surface area contributed by atoms with E-state index < -0.39 is 0 Å². The number of benzene rings is 1. The van der Waals surface area contributed by atoms with Gasteiger partial charge in [0.15, 0.2) is 0 Å². The first-order valence-corrected chi connectivity index (χ1v) is 18.7. The highest BCUT2D eigenvalue weighted by molar-refractivity contribution is 7.98. The monoisotopic (exact) mass is 596 g/mol. The molecule has 2 nitrogen and oxygen atoms in total. The Morgan fingerprint density at radius 3 is 2.41 bits per heavy atom. The Morgan fingerprint density at radius 1 is 0.951 bits per heavy atom. The summed E-state index contributed by atoms with van der Waals surface area (Å²) >= 11 is 1.62. The van der Waals surface area contributed by atoms with E-state index in [9.17, 15) is 0 Å². The molecule has 2 N–H and O–H groups in total. The van der Waals surface area contributed by atoms with Gasteiger partial charge in [-0.2, -0.15) is 0 Å². The minimum Gasteiger partial charge on any atom is -0.324 e. The van der Waals surface area contributed by atoms with Crippen molar-refractivity contribution in [2.75, 3.05) is 0 Å². The van der Waals surface area contributed by atoms with Crippen molar-refractivity contribution in [1.29, 1.82) is 0 Å². The van der Waals surface area contributed by atoms with Gasteiger partial charge < -0.3 is 5.73 Å². The molecule has 0 aliphatic heterocycles. The molecule has 0 bridgehead atoms. The maximum atomic E-state index is 7.67. The average molecular weight is 597 g/mol. The smallest absolute Gasteiger partial charge is 0.0433 e. The largest absolute Gasteiger partial charge is 0.324 e. The molecular weight excluding hydrogens is 535 g/mol. The first-order valence-electron chi connectivity index (χ1n) is 17.3. The second-order valence-electron chi connectivity index (χ2n) is 16.3. The molecule has 4 heteroatoms. The molecule has 0 aromatic heterocycles. The Morgan fingerprint density at radius 2 is 1.71 bits per heavy atom. The number of hydrogen-bond acceptors (Lipinski definition) is 3. The van der Waals surface area contributed by atoms with Crippen molar-refractivity contribution < 1.29 is 0 Å². The molecule has 4 fully saturated rings. The second-order valence-corrected chi connectivity index (χ2v) is 17.8. The summed E-state index contributed by atoms with van der Waals surface area (Å²) < 4.78 is 4.80. The molecule has 41 heavy (non-hydrogen) atoms. The van der Waals surface area contributed by atoms with E-state index in [0.717, 1.165) is 36.0 Å². The lowest BCUT2D eigenvalue weighted by atomic mass is 9.39. The molecule has 1 aromatic carbocycles. The van der Waals surface area contributed by atoms with Gasteiger partial charge >= 0.3 is 0 Å². The SMILES string of the molecule is CC[C@H]1CC2C3CCC(CCCCCC(P)=NSc4ccc(C(C)(C)C)cc4)C3(C)CC[C@]2(N)C2(C)CCCCC12. The van der Waals surface area contributed by atoms with Crippen LogP contribution < -0.4 is 5.73 Å². The van der Waals surface area contributed by atoms with Crippen molar-refractivity contribution in [3.05, 3.63) is 29.8 Å². The summed E-state index contributed by atoms with van der Waals surface area (Å²) in [4.78, 5) is 1.23. The van der Waals surface area contributed by atoms with Gasteiger partial charge in [-0.15, -0.1) is 0 Å². The maximum Gasteiger partial charge on any atom is 0.0433 e. The summed E-state index contributed by atoms with van der Waals surface area (Å²) in [6, 6.07) is 8.92.